The number of nitrogens with one attached hydrogen (secondary N) is 1. The Morgan fingerprint density at radius 3 is 2.38 bits per heavy atom. The summed E-state index contributed by atoms with van der Waals surface area (Å²) in [5.41, 5.74) is -0.527. The SMILES string of the molecule is CCCn1c(=O)[nH]c(=O)c2cc(C(=O)N3CCN(Cc4ccc(C(F)(F)F)cc4)CC3)cnc21. The van der Waals surface area contributed by atoms with Gasteiger partial charge in [0.2, 0.25) is 0 Å². The van der Waals surface area contributed by atoms with Crippen LogP contribution in [0.5, 0.6) is 0 Å². The maximum Gasteiger partial charge on any atom is 0.416 e. The molecule has 0 unspecified atom stereocenters. The Kier molecular flexibility index (Phi) is 6.56. The molecule has 1 aliphatic rings. The second-order valence-corrected chi connectivity index (χ2v) is 8.27. The predicted octanol–water partition coefficient (Wildman–Crippen LogP) is 2.47. The van der Waals surface area contributed by atoms with Crippen molar-refractivity contribution in [1.82, 2.24) is 24.3 Å². The summed E-state index contributed by atoms with van der Waals surface area (Å²) in [5.74, 6) is -0.267. The number of fused-ring (bicyclic) bond motifs is 1. The number of nitrogens with zero attached hydrogens (tertiary/aromatic N) is 4. The molecule has 180 valence electrons. The number of halogens is 3. The Bertz CT molecular complexity index is 1310. The maximum atomic E-state index is 13.0. The van der Waals surface area contributed by atoms with Gasteiger partial charge < -0.3 is 4.90 Å². The number of hydrogen-bond donors (Lipinski definition) is 1. The van der Waals surface area contributed by atoms with Gasteiger partial charge in [-0.05, 0) is 30.2 Å². The summed E-state index contributed by atoms with van der Waals surface area (Å²) in [6, 6.07) is 6.55. The lowest BCUT2D eigenvalue weighted by molar-refractivity contribution is -0.137. The van der Waals surface area contributed by atoms with E-state index in [1.165, 1.54) is 29.0 Å². The molecule has 1 aliphatic heterocycles. The normalized spacial score (nSPS) is 15.1. The first-order valence-electron chi connectivity index (χ1n) is 11.0. The number of carbonyl (C=O) groups excluding carboxylic acids is 1. The molecule has 8 nitrogen and oxygen atoms in total. The molecule has 34 heavy (non-hydrogen) atoms. The summed E-state index contributed by atoms with van der Waals surface area (Å²) in [7, 11) is 0. The Hall–Kier alpha value is -3.47. The molecule has 0 atom stereocenters. The fourth-order valence-corrected chi connectivity index (χ4v) is 4.06. The van der Waals surface area contributed by atoms with Crippen molar-refractivity contribution >= 4 is 16.9 Å². The standard InChI is InChI=1S/C23H24F3N5O3/c1-2-7-31-19-18(20(32)28-22(31)34)12-16(13-27-19)21(33)30-10-8-29(9-11-30)14-15-3-5-17(6-4-15)23(24,25)26/h3-6,12-13H,2,7-11,14H2,1H3,(H,28,32,34). The molecule has 0 radical (unpaired) electrons. The summed E-state index contributed by atoms with van der Waals surface area (Å²) >= 11 is 0. The van der Waals surface area contributed by atoms with E-state index < -0.39 is 23.0 Å². The number of benzene rings is 1. The smallest absolute Gasteiger partial charge is 0.336 e. The third kappa shape index (κ3) is 4.89. The van der Waals surface area contributed by atoms with Gasteiger partial charge in [0, 0.05) is 45.5 Å². The van der Waals surface area contributed by atoms with Gasteiger partial charge in [-0.1, -0.05) is 19.1 Å². The van der Waals surface area contributed by atoms with Crippen LogP contribution in [0.25, 0.3) is 11.0 Å². The molecule has 3 heterocycles. The highest BCUT2D eigenvalue weighted by molar-refractivity contribution is 5.96. The average molecular weight is 475 g/mol. The Balaban J connectivity index is 1.43. The van der Waals surface area contributed by atoms with Gasteiger partial charge in [0.15, 0.2) is 0 Å². The molecule has 4 rings (SSSR count). The van der Waals surface area contributed by atoms with E-state index in [1.54, 1.807) is 4.90 Å². The van der Waals surface area contributed by atoms with Gasteiger partial charge in [-0.3, -0.25) is 24.0 Å². The number of aryl methyl sites for hydroxylation is 1. The fraction of sp³-hybridized carbons (Fsp3) is 0.391. The number of H-pyrrole nitrogens is 1. The minimum Gasteiger partial charge on any atom is -0.336 e. The van der Waals surface area contributed by atoms with Crippen LogP contribution in [0, 0.1) is 0 Å². The van der Waals surface area contributed by atoms with Gasteiger partial charge >= 0.3 is 11.9 Å². The molecule has 0 saturated carbocycles. The van der Waals surface area contributed by atoms with Gasteiger partial charge in [-0.25, -0.2) is 9.78 Å². The predicted molar refractivity (Wildman–Crippen MR) is 120 cm³/mol. The number of aromatic amines is 1. The summed E-state index contributed by atoms with van der Waals surface area (Å²) in [6.45, 7) is 4.77. The second kappa shape index (κ2) is 9.41. The number of amides is 1. The zero-order chi connectivity index (χ0) is 24.5. The van der Waals surface area contributed by atoms with E-state index in [2.05, 4.69) is 14.9 Å². The number of pyridine rings is 1. The average Bonchev–Trinajstić information content (AvgIpc) is 2.81. The largest absolute Gasteiger partial charge is 0.416 e. The molecule has 0 aliphatic carbocycles. The maximum absolute atomic E-state index is 13.0. The Morgan fingerprint density at radius 2 is 1.76 bits per heavy atom. The van der Waals surface area contributed by atoms with Crippen LogP contribution in [0.4, 0.5) is 13.2 Å². The third-order valence-electron chi connectivity index (χ3n) is 5.87. The lowest BCUT2D eigenvalue weighted by atomic mass is 10.1. The number of carbonyl (C=O) groups is 1. The zero-order valence-corrected chi connectivity index (χ0v) is 18.6. The number of aromatic nitrogens is 3. The lowest BCUT2D eigenvalue weighted by Gasteiger charge is -2.34. The molecule has 3 aromatic rings. The van der Waals surface area contributed by atoms with Crippen LogP contribution in [-0.2, 0) is 19.3 Å². The molecule has 11 heteroatoms. The first-order valence-corrected chi connectivity index (χ1v) is 11.0. The van der Waals surface area contributed by atoms with Crippen LogP contribution in [-0.4, -0.2) is 56.4 Å². The van der Waals surface area contributed by atoms with E-state index in [0.29, 0.717) is 45.7 Å². The van der Waals surface area contributed by atoms with Gasteiger partial charge in [0.25, 0.3) is 11.5 Å². The molecule has 1 N–H and O–H groups in total. The van der Waals surface area contributed by atoms with Crippen molar-refractivity contribution in [2.45, 2.75) is 32.6 Å². The van der Waals surface area contributed by atoms with Crippen LogP contribution >= 0.6 is 0 Å². The monoisotopic (exact) mass is 475 g/mol. The van der Waals surface area contributed by atoms with Crippen LogP contribution in [0.15, 0.2) is 46.1 Å². The van der Waals surface area contributed by atoms with Gasteiger partial charge in [0.05, 0.1) is 16.5 Å². The first kappa shape index (κ1) is 23.7. The summed E-state index contributed by atoms with van der Waals surface area (Å²) in [6.07, 6.45) is -2.30. The molecule has 2 aromatic heterocycles. The quantitative estimate of drug-likeness (QED) is 0.612. The Labute approximate surface area is 192 Å². The van der Waals surface area contributed by atoms with Gasteiger partial charge in [0.1, 0.15) is 5.65 Å². The van der Waals surface area contributed by atoms with Crippen LogP contribution in [0.3, 0.4) is 0 Å². The topological polar surface area (TPSA) is 91.3 Å². The zero-order valence-electron chi connectivity index (χ0n) is 18.6. The lowest BCUT2D eigenvalue weighted by Crippen LogP contribution is -2.48. The summed E-state index contributed by atoms with van der Waals surface area (Å²) in [5, 5.41) is 0.180. The van der Waals surface area contributed by atoms with Crippen molar-refractivity contribution in [2.75, 3.05) is 26.2 Å². The summed E-state index contributed by atoms with van der Waals surface area (Å²) in [4.78, 5) is 47.6. The highest BCUT2D eigenvalue weighted by atomic mass is 19.4. The molecule has 1 saturated heterocycles. The van der Waals surface area contributed by atoms with Crippen LogP contribution in [0.2, 0.25) is 0 Å². The van der Waals surface area contributed by atoms with Crippen molar-refractivity contribution in [1.29, 1.82) is 0 Å². The molecule has 1 fully saturated rings. The van der Waals surface area contributed by atoms with Crippen molar-refractivity contribution in [3.63, 3.8) is 0 Å². The van der Waals surface area contributed by atoms with Crippen molar-refractivity contribution in [3.8, 4) is 0 Å². The van der Waals surface area contributed by atoms with E-state index in [0.717, 1.165) is 17.7 Å². The van der Waals surface area contributed by atoms with Crippen molar-refractivity contribution in [3.05, 3.63) is 74.1 Å². The van der Waals surface area contributed by atoms with E-state index >= 15 is 0 Å². The molecular formula is C23H24F3N5O3. The Morgan fingerprint density at radius 1 is 1.09 bits per heavy atom. The number of rotatable bonds is 5. The minimum atomic E-state index is -4.36. The third-order valence-corrected chi connectivity index (χ3v) is 5.87. The molecular weight excluding hydrogens is 451 g/mol. The first-order chi connectivity index (χ1) is 16.2. The van der Waals surface area contributed by atoms with E-state index in [9.17, 15) is 27.6 Å². The van der Waals surface area contributed by atoms with Crippen molar-refractivity contribution in [2.24, 2.45) is 0 Å². The number of piperazine rings is 1. The number of hydrogen-bond acceptors (Lipinski definition) is 5. The van der Waals surface area contributed by atoms with Gasteiger partial charge in [-0.15, -0.1) is 0 Å². The van der Waals surface area contributed by atoms with E-state index in [-0.39, 0.29) is 22.5 Å². The van der Waals surface area contributed by atoms with E-state index in [4.69, 9.17) is 0 Å². The second-order valence-electron chi connectivity index (χ2n) is 8.27. The summed E-state index contributed by atoms with van der Waals surface area (Å²) < 4.78 is 39.6. The molecule has 1 amide bonds. The van der Waals surface area contributed by atoms with Crippen LogP contribution < -0.4 is 11.2 Å². The minimum absolute atomic E-state index is 0.180. The highest BCUT2D eigenvalue weighted by Gasteiger charge is 2.30. The van der Waals surface area contributed by atoms with E-state index in [1.807, 2.05) is 6.92 Å². The molecule has 1 aromatic carbocycles. The number of alkyl halides is 3. The highest BCUT2D eigenvalue weighted by Crippen LogP contribution is 2.29. The van der Waals surface area contributed by atoms with Gasteiger partial charge in [-0.2, -0.15) is 13.2 Å². The van der Waals surface area contributed by atoms with Crippen molar-refractivity contribution < 1.29 is 18.0 Å². The molecule has 0 bridgehead atoms. The molecule has 0 spiro atoms. The van der Waals surface area contributed by atoms with Crippen LogP contribution in [0.1, 0.15) is 34.8 Å². The fourth-order valence-electron chi connectivity index (χ4n) is 4.06.